The summed E-state index contributed by atoms with van der Waals surface area (Å²) < 4.78 is 10.9. The standard InChI is InChI=1S/C20H19N5O3S/c21-12-15-3-5-16(6-4-15)27-14-19(26)25-9-7-24(8-10-25)13-18-22-20(23-28-18)17-2-1-11-29-17/h1-6,11H,7-10,13-14H2. The SMILES string of the molecule is N#Cc1ccc(OCC(=O)N2CCN(Cc3nc(-c4cccs4)no3)CC2)cc1. The fourth-order valence-electron chi connectivity index (χ4n) is 3.03. The first-order chi connectivity index (χ1) is 14.2. The summed E-state index contributed by atoms with van der Waals surface area (Å²) in [6, 6.07) is 12.7. The summed E-state index contributed by atoms with van der Waals surface area (Å²) in [4.78, 5) is 21.8. The Kier molecular flexibility index (Phi) is 5.84. The Hall–Kier alpha value is -3.22. The average molecular weight is 409 g/mol. The van der Waals surface area contributed by atoms with Gasteiger partial charge in [0.15, 0.2) is 6.61 Å². The van der Waals surface area contributed by atoms with E-state index in [0.29, 0.717) is 42.7 Å². The number of hydrogen-bond donors (Lipinski definition) is 0. The lowest BCUT2D eigenvalue weighted by Crippen LogP contribution is -2.49. The summed E-state index contributed by atoms with van der Waals surface area (Å²) >= 11 is 1.57. The zero-order valence-corrected chi connectivity index (χ0v) is 16.5. The van der Waals surface area contributed by atoms with Crippen molar-refractivity contribution >= 4 is 17.2 Å². The van der Waals surface area contributed by atoms with E-state index in [-0.39, 0.29) is 12.5 Å². The molecule has 0 unspecified atom stereocenters. The number of piperazine rings is 1. The minimum absolute atomic E-state index is 0.0142. The summed E-state index contributed by atoms with van der Waals surface area (Å²) in [5.41, 5.74) is 0.559. The molecule has 1 aliphatic rings. The minimum atomic E-state index is -0.0493. The molecule has 4 rings (SSSR count). The molecular weight excluding hydrogens is 390 g/mol. The van der Waals surface area contributed by atoms with Crippen molar-refractivity contribution in [3.05, 3.63) is 53.2 Å². The molecule has 3 aromatic rings. The van der Waals surface area contributed by atoms with Gasteiger partial charge in [-0.1, -0.05) is 11.2 Å². The summed E-state index contributed by atoms with van der Waals surface area (Å²) in [5, 5.41) is 14.8. The third-order valence-corrected chi connectivity index (χ3v) is 5.51. The quantitative estimate of drug-likeness (QED) is 0.617. The second kappa shape index (κ2) is 8.86. The smallest absolute Gasteiger partial charge is 0.260 e. The van der Waals surface area contributed by atoms with Gasteiger partial charge in [0.2, 0.25) is 11.7 Å². The van der Waals surface area contributed by atoms with Gasteiger partial charge in [-0.25, -0.2) is 0 Å². The normalized spacial score (nSPS) is 14.5. The fraction of sp³-hybridized carbons (Fsp3) is 0.300. The van der Waals surface area contributed by atoms with Gasteiger partial charge in [-0.15, -0.1) is 11.3 Å². The van der Waals surface area contributed by atoms with Gasteiger partial charge in [-0.2, -0.15) is 10.2 Å². The Morgan fingerprint density at radius 1 is 1.21 bits per heavy atom. The maximum atomic E-state index is 12.4. The first-order valence-corrected chi connectivity index (χ1v) is 10.1. The number of thiophene rings is 1. The maximum Gasteiger partial charge on any atom is 0.260 e. The fourth-order valence-corrected chi connectivity index (χ4v) is 3.68. The molecule has 3 heterocycles. The molecule has 1 saturated heterocycles. The molecule has 1 amide bonds. The first kappa shape index (κ1) is 19.1. The Balaban J connectivity index is 1.22. The van der Waals surface area contributed by atoms with Crippen LogP contribution in [0.25, 0.3) is 10.7 Å². The zero-order chi connectivity index (χ0) is 20.1. The minimum Gasteiger partial charge on any atom is -0.484 e. The molecule has 0 atom stereocenters. The Morgan fingerprint density at radius 2 is 2.00 bits per heavy atom. The predicted molar refractivity (Wildman–Crippen MR) is 106 cm³/mol. The molecule has 148 valence electrons. The van der Waals surface area contributed by atoms with Crippen LogP contribution in [-0.2, 0) is 11.3 Å². The van der Waals surface area contributed by atoms with Crippen molar-refractivity contribution in [2.24, 2.45) is 0 Å². The monoisotopic (exact) mass is 409 g/mol. The van der Waals surface area contributed by atoms with Gasteiger partial charge in [0.25, 0.3) is 5.91 Å². The molecule has 0 radical (unpaired) electrons. The topological polar surface area (TPSA) is 95.5 Å². The second-order valence-corrected chi connectivity index (χ2v) is 7.52. The first-order valence-electron chi connectivity index (χ1n) is 9.21. The van der Waals surface area contributed by atoms with Crippen molar-refractivity contribution in [2.45, 2.75) is 6.54 Å². The zero-order valence-electron chi connectivity index (χ0n) is 15.7. The molecule has 0 N–H and O–H groups in total. The number of carbonyl (C=O) groups excluding carboxylic acids is 1. The molecule has 0 spiro atoms. The molecule has 1 aromatic carbocycles. The van der Waals surface area contributed by atoms with Crippen molar-refractivity contribution in [1.29, 1.82) is 5.26 Å². The molecule has 0 bridgehead atoms. The van der Waals surface area contributed by atoms with Crippen LogP contribution in [0.4, 0.5) is 0 Å². The van der Waals surface area contributed by atoms with Gasteiger partial charge in [0.05, 0.1) is 23.1 Å². The van der Waals surface area contributed by atoms with Crippen molar-refractivity contribution in [3.63, 3.8) is 0 Å². The highest BCUT2D eigenvalue weighted by Gasteiger charge is 2.23. The lowest BCUT2D eigenvalue weighted by atomic mass is 10.2. The van der Waals surface area contributed by atoms with Crippen LogP contribution in [0.1, 0.15) is 11.5 Å². The van der Waals surface area contributed by atoms with Crippen LogP contribution < -0.4 is 4.74 Å². The number of nitrogens with zero attached hydrogens (tertiary/aromatic N) is 5. The molecular formula is C20H19N5O3S. The van der Waals surface area contributed by atoms with Gasteiger partial charge in [0, 0.05) is 26.2 Å². The molecule has 1 fully saturated rings. The lowest BCUT2D eigenvalue weighted by molar-refractivity contribution is -0.135. The highest BCUT2D eigenvalue weighted by Crippen LogP contribution is 2.21. The van der Waals surface area contributed by atoms with Crippen molar-refractivity contribution in [2.75, 3.05) is 32.8 Å². The third kappa shape index (κ3) is 4.80. The van der Waals surface area contributed by atoms with E-state index < -0.39 is 0 Å². The van der Waals surface area contributed by atoms with Crippen LogP contribution in [0.5, 0.6) is 5.75 Å². The number of amides is 1. The van der Waals surface area contributed by atoms with E-state index >= 15 is 0 Å². The molecule has 29 heavy (non-hydrogen) atoms. The van der Waals surface area contributed by atoms with E-state index in [1.807, 2.05) is 17.5 Å². The lowest BCUT2D eigenvalue weighted by Gasteiger charge is -2.33. The third-order valence-electron chi connectivity index (χ3n) is 4.64. The van der Waals surface area contributed by atoms with E-state index in [1.54, 1.807) is 40.5 Å². The largest absolute Gasteiger partial charge is 0.484 e. The number of ether oxygens (including phenoxy) is 1. The molecule has 8 nitrogen and oxygen atoms in total. The summed E-state index contributed by atoms with van der Waals surface area (Å²) in [7, 11) is 0. The number of rotatable bonds is 6. The molecule has 0 aliphatic carbocycles. The highest BCUT2D eigenvalue weighted by atomic mass is 32.1. The van der Waals surface area contributed by atoms with Crippen LogP contribution in [0.15, 0.2) is 46.3 Å². The van der Waals surface area contributed by atoms with E-state index in [0.717, 1.165) is 18.0 Å². The van der Waals surface area contributed by atoms with Crippen LogP contribution >= 0.6 is 11.3 Å². The second-order valence-electron chi connectivity index (χ2n) is 6.57. The van der Waals surface area contributed by atoms with Gasteiger partial charge >= 0.3 is 0 Å². The maximum absolute atomic E-state index is 12.4. The Morgan fingerprint density at radius 3 is 2.69 bits per heavy atom. The summed E-state index contributed by atoms with van der Waals surface area (Å²) in [6.45, 7) is 3.28. The highest BCUT2D eigenvalue weighted by molar-refractivity contribution is 7.13. The van der Waals surface area contributed by atoms with Crippen molar-refractivity contribution in [3.8, 4) is 22.5 Å². The summed E-state index contributed by atoms with van der Waals surface area (Å²) in [5.74, 6) is 1.72. The number of carbonyl (C=O) groups is 1. The van der Waals surface area contributed by atoms with Crippen LogP contribution in [-0.4, -0.2) is 58.6 Å². The molecule has 0 saturated carbocycles. The van der Waals surface area contributed by atoms with Gasteiger partial charge in [-0.05, 0) is 35.7 Å². The number of benzene rings is 1. The van der Waals surface area contributed by atoms with Gasteiger partial charge in [-0.3, -0.25) is 9.69 Å². The Bertz CT molecular complexity index is 986. The number of hydrogen-bond acceptors (Lipinski definition) is 8. The van der Waals surface area contributed by atoms with Crippen molar-refractivity contribution in [1.82, 2.24) is 19.9 Å². The number of aromatic nitrogens is 2. The molecule has 2 aromatic heterocycles. The number of nitriles is 1. The van der Waals surface area contributed by atoms with Gasteiger partial charge in [0.1, 0.15) is 5.75 Å². The van der Waals surface area contributed by atoms with Crippen LogP contribution in [0, 0.1) is 11.3 Å². The van der Waals surface area contributed by atoms with E-state index in [4.69, 9.17) is 14.5 Å². The molecule has 1 aliphatic heterocycles. The Labute approximate surface area is 171 Å². The molecule has 9 heteroatoms. The van der Waals surface area contributed by atoms with E-state index in [1.165, 1.54) is 0 Å². The predicted octanol–water partition coefficient (Wildman–Crippen LogP) is 2.39. The van der Waals surface area contributed by atoms with Crippen LogP contribution in [0.2, 0.25) is 0 Å². The summed E-state index contributed by atoms with van der Waals surface area (Å²) in [6.07, 6.45) is 0. The average Bonchev–Trinajstić information content (AvgIpc) is 3.45. The van der Waals surface area contributed by atoms with Gasteiger partial charge < -0.3 is 14.2 Å². The van der Waals surface area contributed by atoms with Crippen molar-refractivity contribution < 1.29 is 14.1 Å². The van der Waals surface area contributed by atoms with Crippen LogP contribution in [0.3, 0.4) is 0 Å². The van der Waals surface area contributed by atoms with E-state index in [9.17, 15) is 4.79 Å². The van der Waals surface area contributed by atoms with E-state index in [2.05, 4.69) is 21.1 Å².